The number of pyridine rings is 1. The lowest BCUT2D eigenvalue weighted by atomic mass is 9.96. The number of guanidine groups is 1. The molecule has 1 saturated carbocycles. The summed E-state index contributed by atoms with van der Waals surface area (Å²) in [5, 5.41) is 1.17. The topological polar surface area (TPSA) is 156 Å². The van der Waals surface area contributed by atoms with Crippen LogP contribution in [0.2, 0.25) is 10.0 Å². The smallest absolute Gasteiger partial charge is 0.243 e. The van der Waals surface area contributed by atoms with Crippen molar-refractivity contribution in [3.8, 4) is 5.75 Å². The zero-order chi connectivity index (χ0) is 35.2. The van der Waals surface area contributed by atoms with E-state index >= 15 is 0 Å². The number of sulfonamides is 1. The molecule has 0 spiro atoms. The van der Waals surface area contributed by atoms with Gasteiger partial charge in [-0.05, 0) is 75.9 Å². The quantitative estimate of drug-likeness (QED) is 0.121. The summed E-state index contributed by atoms with van der Waals surface area (Å²) < 4.78 is 37.0. The van der Waals surface area contributed by atoms with Crippen LogP contribution in [-0.4, -0.2) is 79.9 Å². The Bertz CT molecular complexity index is 1790. The largest absolute Gasteiger partial charge is 0.487 e. The molecule has 3 aromatic rings. The highest BCUT2D eigenvalue weighted by atomic mass is 35.5. The Hall–Kier alpha value is -3.16. The molecule has 0 unspecified atom stereocenters. The summed E-state index contributed by atoms with van der Waals surface area (Å²) in [6, 6.07) is 10.5. The molecule has 2 aliphatic rings. The van der Waals surface area contributed by atoms with Crippen LogP contribution in [0, 0.1) is 13.8 Å². The minimum Gasteiger partial charge on any atom is -0.487 e. The van der Waals surface area contributed by atoms with Gasteiger partial charge in [0.2, 0.25) is 15.9 Å². The van der Waals surface area contributed by atoms with E-state index in [1.807, 2.05) is 36.9 Å². The second-order valence-electron chi connectivity index (χ2n) is 13.0. The van der Waals surface area contributed by atoms with Crippen LogP contribution in [0.1, 0.15) is 68.2 Å². The third kappa shape index (κ3) is 8.60. The molecular weight excluding hydrogens is 685 g/mol. The van der Waals surface area contributed by atoms with E-state index in [9.17, 15) is 13.2 Å². The van der Waals surface area contributed by atoms with Gasteiger partial charge in [0.15, 0.2) is 5.96 Å². The molecule has 11 nitrogen and oxygen atoms in total. The number of benzene rings is 2. The minimum atomic E-state index is -4.24. The van der Waals surface area contributed by atoms with Crippen LogP contribution in [0.3, 0.4) is 0 Å². The summed E-state index contributed by atoms with van der Waals surface area (Å²) in [7, 11) is -4.24. The number of fused-ring (bicyclic) bond motifs is 1. The average Bonchev–Trinajstić information content (AvgIpc) is 3.54. The standard InChI is InChI=1S/C35H47Cl2N7O4S/c1-24-22-25(2)41-32-26(24)10-9-11-29(32)48-23-27-28(36)12-13-30(31(27)37)49(46,47)42-35(14-5-6-15-35)33(45)43-18-20-44(21-19-43)34(39)40-17-8-4-3-7-16-38/h9-13,22,42H,3-8,14-21,23,38H2,1-2H3,(H2,39,40). The molecule has 1 saturated heterocycles. The highest BCUT2D eigenvalue weighted by molar-refractivity contribution is 7.89. The van der Waals surface area contributed by atoms with Crippen LogP contribution >= 0.6 is 23.2 Å². The van der Waals surface area contributed by atoms with E-state index in [1.54, 1.807) is 11.0 Å². The van der Waals surface area contributed by atoms with E-state index < -0.39 is 15.6 Å². The van der Waals surface area contributed by atoms with Gasteiger partial charge in [0.1, 0.15) is 28.3 Å². The van der Waals surface area contributed by atoms with E-state index in [4.69, 9.17) is 39.4 Å². The molecule has 2 fully saturated rings. The maximum atomic E-state index is 14.1. The fourth-order valence-electron chi connectivity index (χ4n) is 6.73. The number of carbonyl (C=O) groups is 1. The second kappa shape index (κ2) is 16.2. The van der Waals surface area contributed by atoms with Gasteiger partial charge in [-0.15, -0.1) is 0 Å². The van der Waals surface area contributed by atoms with Crippen molar-refractivity contribution < 1.29 is 17.9 Å². The number of amides is 1. The maximum absolute atomic E-state index is 14.1. The Morgan fingerprint density at radius 3 is 2.43 bits per heavy atom. The van der Waals surface area contributed by atoms with Gasteiger partial charge in [-0.3, -0.25) is 9.79 Å². The molecule has 49 heavy (non-hydrogen) atoms. The summed E-state index contributed by atoms with van der Waals surface area (Å²) in [6.45, 7) is 7.08. The molecular formula is C35H47Cl2N7O4S. The Kier molecular flexibility index (Phi) is 12.3. The monoisotopic (exact) mass is 731 g/mol. The van der Waals surface area contributed by atoms with Crippen molar-refractivity contribution in [2.45, 2.75) is 82.3 Å². The number of nitrogens with two attached hydrogens (primary N) is 2. The van der Waals surface area contributed by atoms with Gasteiger partial charge in [0.25, 0.3) is 0 Å². The van der Waals surface area contributed by atoms with Crippen molar-refractivity contribution in [1.82, 2.24) is 19.5 Å². The number of unbranched alkanes of at least 4 members (excludes halogenated alkanes) is 3. The van der Waals surface area contributed by atoms with E-state index in [0.29, 0.717) is 74.9 Å². The number of piperazine rings is 1. The summed E-state index contributed by atoms with van der Waals surface area (Å²) in [6.07, 6.45) is 6.36. The number of hydrogen-bond acceptors (Lipinski definition) is 7. The molecule has 5 N–H and O–H groups in total. The average molecular weight is 733 g/mol. The first-order valence-electron chi connectivity index (χ1n) is 17.0. The molecule has 14 heteroatoms. The number of aryl methyl sites for hydroxylation is 2. The summed E-state index contributed by atoms with van der Waals surface area (Å²) in [5.41, 5.74) is 13.5. The Morgan fingerprint density at radius 1 is 1.02 bits per heavy atom. The Balaban J connectivity index is 1.28. The van der Waals surface area contributed by atoms with Crippen LogP contribution < -0.4 is 20.9 Å². The highest BCUT2D eigenvalue weighted by Crippen LogP contribution is 2.37. The first-order chi connectivity index (χ1) is 23.5. The van der Waals surface area contributed by atoms with Gasteiger partial charge in [0.05, 0.1) is 5.02 Å². The molecule has 0 radical (unpaired) electrons. The van der Waals surface area contributed by atoms with Gasteiger partial charge >= 0.3 is 0 Å². The van der Waals surface area contributed by atoms with Crippen molar-refractivity contribution in [3.63, 3.8) is 0 Å². The molecule has 0 atom stereocenters. The number of para-hydroxylation sites is 1. The summed E-state index contributed by atoms with van der Waals surface area (Å²) in [5.74, 6) is 0.775. The number of nitrogens with one attached hydrogen (secondary N) is 1. The molecule has 1 aliphatic heterocycles. The fraction of sp³-hybridized carbons (Fsp3) is 0.514. The van der Waals surface area contributed by atoms with Gasteiger partial charge < -0.3 is 26.0 Å². The lowest BCUT2D eigenvalue weighted by molar-refractivity contribution is -0.138. The molecule has 5 rings (SSSR count). The SMILES string of the molecule is Cc1cc(C)c2cccc(OCc3c(Cl)ccc(S(=O)(=O)NC4(C(=O)N5CCN(C(N)=NCCCCCCN)CC5)CCCC4)c3Cl)c2n1. The molecule has 2 heterocycles. The number of aromatic nitrogens is 1. The van der Waals surface area contributed by atoms with Gasteiger partial charge in [0, 0.05) is 54.4 Å². The number of aliphatic imine (C=N–C) groups is 1. The van der Waals surface area contributed by atoms with Crippen LogP contribution in [0.4, 0.5) is 0 Å². The van der Waals surface area contributed by atoms with E-state index in [1.165, 1.54) is 12.1 Å². The molecule has 0 bridgehead atoms. The van der Waals surface area contributed by atoms with Crippen molar-refractivity contribution >= 4 is 56.0 Å². The van der Waals surface area contributed by atoms with Crippen molar-refractivity contribution in [1.29, 1.82) is 0 Å². The van der Waals surface area contributed by atoms with Crippen LogP contribution in [-0.2, 0) is 21.4 Å². The predicted octanol–water partition coefficient (Wildman–Crippen LogP) is 5.31. The number of halogens is 2. The van der Waals surface area contributed by atoms with Gasteiger partial charge in [-0.1, -0.05) is 61.0 Å². The van der Waals surface area contributed by atoms with Crippen molar-refractivity contribution in [2.75, 3.05) is 39.3 Å². The normalized spacial score (nSPS) is 16.8. The fourth-order valence-corrected chi connectivity index (χ4v) is 9.04. The first-order valence-corrected chi connectivity index (χ1v) is 19.2. The predicted molar refractivity (Wildman–Crippen MR) is 196 cm³/mol. The minimum absolute atomic E-state index is 0.0519. The van der Waals surface area contributed by atoms with Crippen molar-refractivity contribution in [3.05, 3.63) is 63.3 Å². The molecule has 1 amide bonds. The van der Waals surface area contributed by atoms with E-state index in [2.05, 4.69) is 14.7 Å². The zero-order valence-electron chi connectivity index (χ0n) is 28.3. The molecule has 266 valence electrons. The Morgan fingerprint density at radius 2 is 1.71 bits per heavy atom. The van der Waals surface area contributed by atoms with E-state index in [-0.39, 0.29) is 27.5 Å². The lowest BCUT2D eigenvalue weighted by Gasteiger charge is -2.40. The highest BCUT2D eigenvalue weighted by Gasteiger charge is 2.47. The second-order valence-corrected chi connectivity index (χ2v) is 15.4. The number of ether oxygens (including phenoxy) is 1. The Labute approximate surface area is 299 Å². The van der Waals surface area contributed by atoms with Gasteiger partial charge in [-0.25, -0.2) is 13.4 Å². The van der Waals surface area contributed by atoms with Crippen molar-refractivity contribution in [2.24, 2.45) is 16.5 Å². The first kappa shape index (κ1) is 37.1. The van der Waals surface area contributed by atoms with Crippen LogP contribution in [0.5, 0.6) is 5.75 Å². The number of hydrogen-bond donors (Lipinski definition) is 3. The van der Waals surface area contributed by atoms with Crippen LogP contribution in [0.25, 0.3) is 10.9 Å². The number of rotatable bonds is 13. The summed E-state index contributed by atoms with van der Waals surface area (Å²) in [4.78, 5) is 26.8. The maximum Gasteiger partial charge on any atom is 0.243 e. The third-order valence-electron chi connectivity index (χ3n) is 9.42. The van der Waals surface area contributed by atoms with Crippen LogP contribution in [0.15, 0.2) is 46.3 Å². The lowest BCUT2D eigenvalue weighted by Crippen LogP contribution is -2.62. The molecule has 2 aromatic carbocycles. The third-order valence-corrected chi connectivity index (χ3v) is 11.9. The van der Waals surface area contributed by atoms with E-state index in [0.717, 1.165) is 55.2 Å². The van der Waals surface area contributed by atoms with Gasteiger partial charge in [-0.2, -0.15) is 4.72 Å². The number of nitrogens with zero attached hydrogens (tertiary/aromatic N) is 4. The molecule has 1 aliphatic carbocycles. The summed E-state index contributed by atoms with van der Waals surface area (Å²) >= 11 is 13.3. The number of carbonyl (C=O) groups excluding carboxylic acids is 1. The molecule has 1 aromatic heterocycles. The zero-order valence-corrected chi connectivity index (χ0v) is 30.6.